The minimum Gasteiger partial charge on any atom is -0.494 e. The van der Waals surface area contributed by atoms with Gasteiger partial charge in [0, 0.05) is 17.7 Å². The molecule has 0 spiro atoms. The standard InChI is InChI=1S/C17H21IN2O3/c1-6-11-8-12(18)7-9(2)13(11)14-15(10(3)19-16(14)21)23-17(22)20(4)5/h7-8,19,21H,6H2,1-5H3. The molecule has 0 aliphatic carbocycles. The number of aryl methyl sites for hydroxylation is 3. The lowest BCUT2D eigenvalue weighted by atomic mass is 9.94. The summed E-state index contributed by atoms with van der Waals surface area (Å²) in [6.45, 7) is 5.83. The summed E-state index contributed by atoms with van der Waals surface area (Å²) in [7, 11) is 3.24. The number of H-pyrrole nitrogens is 1. The normalized spacial score (nSPS) is 10.7. The fraction of sp³-hybridized carbons (Fsp3) is 0.353. The van der Waals surface area contributed by atoms with Crippen LogP contribution in [0, 0.1) is 17.4 Å². The van der Waals surface area contributed by atoms with E-state index in [4.69, 9.17) is 4.74 Å². The van der Waals surface area contributed by atoms with Crippen LogP contribution in [0.1, 0.15) is 23.7 Å². The van der Waals surface area contributed by atoms with Gasteiger partial charge in [-0.05, 0) is 71.7 Å². The number of nitrogens with one attached hydrogen (secondary N) is 1. The van der Waals surface area contributed by atoms with Gasteiger partial charge in [0.05, 0.1) is 11.3 Å². The number of halogens is 1. The van der Waals surface area contributed by atoms with E-state index < -0.39 is 6.09 Å². The van der Waals surface area contributed by atoms with Crippen LogP contribution in [0.2, 0.25) is 0 Å². The lowest BCUT2D eigenvalue weighted by Crippen LogP contribution is -2.25. The third-order valence-electron chi connectivity index (χ3n) is 3.68. The molecular weight excluding hydrogens is 407 g/mol. The van der Waals surface area contributed by atoms with Crippen molar-refractivity contribution in [3.05, 3.63) is 32.5 Å². The van der Waals surface area contributed by atoms with E-state index in [9.17, 15) is 9.90 Å². The highest BCUT2D eigenvalue weighted by atomic mass is 127. The molecule has 0 aliphatic rings. The van der Waals surface area contributed by atoms with Crippen LogP contribution in [0.4, 0.5) is 4.79 Å². The Kier molecular flexibility index (Phi) is 5.23. The van der Waals surface area contributed by atoms with Crippen LogP contribution < -0.4 is 4.74 Å². The van der Waals surface area contributed by atoms with E-state index >= 15 is 0 Å². The maximum absolute atomic E-state index is 12.0. The molecule has 0 fully saturated rings. The molecule has 1 aromatic heterocycles. The second-order valence-electron chi connectivity index (χ2n) is 5.68. The van der Waals surface area contributed by atoms with Gasteiger partial charge in [0.2, 0.25) is 5.88 Å². The lowest BCUT2D eigenvalue weighted by molar-refractivity contribution is 0.172. The maximum atomic E-state index is 12.0. The molecule has 5 nitrogen and oxygen atoms in total. The molecule has 6 heteroatoms. The van der Waals surface area contributed by atoms with Gasteiger partial charge in [0.25, 0.3) is 0 Å². The first kappa shape index (κ1) is 17.7. The van der Waals surface area contributed by atoms with Gasteiger partial charge in [0.1, 0.15) is 0 Å². The number of carbonyl (C=O) groups is 1. The molecule has 23 heavy (non-hydrogen) atoms. The van der Waals surface area contributed by atoms with E-state index in [0.29, 0.717) is 17.0 Å². The van der Waals surface area contributed by atoms with Gasteiger partial charge in [-0.3, -0.25) is 0 Å². The molecular formula is C17H21IN2O3. The zero-order valence-corrected chi connectivity index (χ0v) is 16.1. The predicted octanol–water partition coefficient (Wildman–Crippen LogP) is 4.23. The van der Waals surface area contributed by atoms with Crippen molar-refractivity contribution in [1.29, 1.82) is 0 Å². The molecule has 2 rings (SSSR count). The van der Waals surface area contributed by atoms with Crippen molar-refractivity contribution in [3.63, 3.8) is 0 Å². The number of aromatic nitrogens is 1. The molecule has 1 heterocycles. The third-order valence-corrected chi connectivity index (χ3v) is 4.30. The number of hydrogen-bond acceptors (Lipinski definition) is 3. The molecule has 1 aromatic carbocycles. The van der Waals surface area contributed by atoms with E-state index in [1.54, 1.807) is 21.0 Å². The average Bonchev–Trinajstić information content (AvgIpc) is 2.72. The van der Waals surface area contributed by atoms with Gasteiger partial charge in [-0.25, -0.2) is 4.79 Å². The topological polar surface area (TPSA) is 65.6 Å². The number of amides is 1. The number of benzene rings is 1. The molecule has 0 saturated heterocycles. The lowest BCUT2D eigenvalue weighted by Gasteiger charge is -2.16. The zero-order valence-electron chi connectivity index (χ0n) is 14.0. The summed E-state index contributed by atoms with van der Waals surface area (Å²) in [5.74, 6) is 0.392. The first-order valence-electron chi connectivity index (χ1n) is 7.36. The first-order chi connectivity index (χ1) is 10.8. The molecule has 0 aliphatic heterocycles. The average molecular weight is 428 g/mol. The van der Waals surface area contributed by atoms with Crippen LogP contribution in [0.3, 0.4) is 0 Å². The van der Waals surface area contributed by atoms with Gasteiger partial charge in [-0.1, -0.05) is 6.92 Å². The van der Waals surface area contributed by atoms with E-state index in [-0.39, 0.29) is 5.88 Å². The number of carbonyl (C=O) groups excluding carboxylic acids is 1. The quantitative estimate of drug-likeness (QED) is 0.720. The minimum absolute atomic E-state index is 0.0167. The van der Waals surface area contributed by atoms with Crippen LogP contribution in [0.25, 0.3) is 11.1 Å². The van der Waals surface area contributed by atoms with E-state index in [2.05, 4.69) is 40.6 Å². The Hall–Kier alpha value is -1.70. The number of hydrogen-bond donors (Lipinski definition) is 2. The molecule has 0 unspecified atom stereocenters. The summed E-state index contributed by atoms with van der Waals surface area (Å²) >= 11 is 2.28. The van der Waals surface area contributed by atoms with Gasteiger partial charge in [-0.2, -0.15) is 0 Å². The number of aromatic hydroxyl groups is 1. The smallest absolute Gasteiger partial charge is 0.414 e. The van der Waals surface area contributed by atoms with E-state index in [0.717, 1.165) is 26.7 Å². The summed E-state index contributed by atoms with van der Waals surface area (Å²) in [5, 5.41) is 10.4. The fourth-order valence-electron chi connectivity index (χ4n) is 2.58. The molecule has 2 N–H and O–H groups in total. The van der Waals surface area contributed by atoms with Gasteiger partial charge < -0.3 is 19.7 Å². The van der Waals surface area contributed by atoms with Gasteiger partial charge >= 0.3 is 6.09 Å². The van der Waals surface area contributed by atoms with Crippen molar-refractivity contribution in [2.45, 2.75) is 27.2 Å². The highest BCUT2D eigenvalue weighted by molar-refractivity contribution is 14.1. The van der Waals surface area contributed by atoms with Gasteiger partial charge in [-0.15, -0.1) is 0 Å². The zero-order chi connectivity index (χ0) is 17.3. The molecule has 124 valence electrons. The van der Waals surface area contributed by atoms with Crippen molar-refractivity contribution in [1.82, 2.24) is 9.88 Å². The second-order valence-corrected chi connectivity index (χ2v) is 6.92. The van der Waals surface area contributed by atoms with Crippen LogP contribution in [-0.2, 0) is 6.42 Å². The Morgan fingerprint density at radius 1 is 1.30 bits per heavy atom. The minimum atomic E-state index is -0.477. The molecule has 1 amide bonds. The highest BCUT2D eigenvalue weighted by Gasteiger charge is 2.24. The van der Waals surface area contributed by atoms with Crippen LogP contribution in [0.5, 0.6) is 11.6 Å². The monoisotopic (exact) mass is 428 g/mol. The SMILES string of the molecule is CCc1cc(I)cc(C)c1-c1c(O)[nH]c(C)c1OC(=O)N(C)C. The Morgan fingerprint density at radius 2 is 1.96 bits per heavy atom. The second kappa shape index (κ2) is 6.82. The largest absolute Gasteiger partial charge is 0.494 e. The third kappa shape index (κ3) is 3.46. The van der Waals surface area contributed by atoms with Crippen molar-refractivity contribution in [3.8, 4) is 22.8 Å². The van der Waals surface area contributed by atoms with Crippen molar-refractivity contribution < 1.29 is 14.6 Å². The van der Waals surface area contributed by atoms with E-state index in [1.807, 2.05) is 13.0 Å². The summed E-state index contributed by atoms with van der Waals surface area (Å²) in [5.41, 5.74) is 4.21. The maximum Gasteiger partial charge on any atom is 0.414 e. The molecule has 0 bridgehead atoms. The van der Waals surface area contributed by atoms with Gasteiger partial charge in [0.15, 0.2) is 5.75 Å². The fourth-order valence-corrected chi connectivity index (χ4v) is 3.42. The number of aromatic amines is 1. The molecule has 2 aromatic rings. The summed E-state index contributed by atoms with van der Waals surface area (Å²) < 4.78 is 6.63. The molecule has 0 saturated carbocycles. The van der Waals surface area contributed by atoms with E-state index in [1.165, 1.54) is 4.90 Å². The Balaban J connectivity index is 2.67. The van der Waals surface area contributed by atoms with Crippen LogP contribution >= 0.6 is 22.6 Å². The Labute approximate surface area is 149 Å². The highest BCUT2D eigenvalue weighted by Crippen LogP contribution is 2.44. The van der Waals surface area contributed by atoms with Crippen molar-refractivity contribution >= 4 is 28.7 Å². The number of rotatable bonds is 3. The Bertz CT molecular complexity index is 751. The number of nitrogens with zero attached hydrogens (tertiary/aromatic N) is 1. The number of ether oxygens (including phenoxy) is 1. The summed E-state index contributed by atoms with van der Waals surface area (Å²) in [6.07, 6.45) is 0.340. The van der Waals surface area contributed by atoms with Crippen LogP contribution in [0.15, 0.2) is 12.1 Å². The summed E-state index contributed by atoms with van der Waals surface area (Å²) in [4.78, 5) is 16.2. The molecule has 0 atom stereocenters. The van der Waals surface area contributed by atoms with Crippen LogP contribution in [-0.4, -0.2) is 35.2 Å². The van der Waals surface area contributed by atoms with Crippen molar-refractivity contribution in [2.24, 2.45) is 0 Å². The Morgan fingerprint density at radius 3 is 2.52 bits per heavy atom. The van der Waals surface area contributed by atoms with Crippen molar-refractivity contribution in [2.75, 3.05) is 14.1 Å². The molecule has 0 radical (unpaired) electrons. The predicted molar refractivity (Wildman–Crippen MR) is 99.2 cm³/mol. The summed E-state index contributed by atoms with van der Waals surface area (Å²) in [6, 6.07) is 4.14. The first-order valence-corrected chi connectivity index (χ1v) is 8.44.